The summed E-state index contributed by atoms with van der Waals surface area (Å²) in [6.07, 6.45) is 1.19. The Kier molecular flexibility index (Phi) is 4.28. The zero-order valence-corrected chi connectivity index (χ0v) is 13.0. The number of hydrogen-bond donors (Lipinski definition) is 2. The number of alkyl halides is 1. The van der Waals surface area contributed by atoms with E-state index in [4.69, 9.17) is 4.74 Å². The zero-order valence-electron chi connectivity index (χ0n) is 13.0. The summed E-state index contributed by atoms with van der Waals surface area (Å²) < 4.78 is 19.8. The van der Waals surface area contributed by atoms with Crippen molar-refractivity contribution in [2.45, 2.75) is 64.8 Å². The topological polar surface area (TPSA) is 50.4 Å². The number of carbonyl (C=O) groups is 1. The van der Waals surface area contributed by atoms with Gasteiger partial charge in [-0.1, -0.05) is 6.92 Å². The molecule has 0 aromatic rings. The molecule has 116 valence electrons. The molecule has 3 atom stereocenters. The number of alkyl carbamates (subject to hydrolysis) is 1. The quantitative estimate of drug-likeness (QED) is 0.779. The Morgan fingerprint density at radius 2 is 1.95 bits per heavy atom. The van der Waals surface area contributed by atoms with Crippen molar-refractivity contribution in [3.63, 3.8) is 0 Å². The van der Waals surface area contributed by atoms with E-state index in [0.29, 0.717) is 0 Å². The molecule has 1 aliphatic carbocycles. The van der Waals surface area contributed by atoms with Gasteiger partial charge in [0, 0.05) is 0 Å². The molecule has 1 saturated carbocycles. The summed E-state index contributed by atoms with van der Waals surface area (Å²) in [4.78, 5) is 12.0. The van der Waals surface area contributed by atoms with E-state index in [1.54, 1.807) is 0 Å². The standard InChI is InChI=1S/C15H27FN2O2/c1-10-9-15(5-7-17-8-6-15)12(11(10)16)18-13(19)20-14(2,3)4/h10-12,17H,5-9H2,1-4H3,(H,18,19)/t10-,11-,12-/m1/s1. The highest BCUT2D eigenvalue weighted by Gasteiger charge is 2.53. The van der Waals surface area contributed by atoms with Crippen molar-refractivity contribution >= 4 is 6.09 Å². The molecule has 2 rings (SSSR count). The number of nitrogens with one attached hydrogen (secondary N) is 2. The number of piperidine rings is 1. The van der Waals surface area contributed by atoms with E-state index in [1.165, 1.54) is 0 Å². The Hall–Kier alpha value is -0.840. The predicted octanol–water partition coefficient (Wildman–Crippen LogP) is 2.63. The number of rotatable bonds is 1. The van der Waals surface area contributed by atoms with Crippen molar-refractivity contribution in [3.05, 3.63) is 0 Å². The molecule has 0 aromatic heterocycles. The third kappa shape index (κ3) is 3.25. The second-order valence-corrected chi connectivity index (χ2v) is 7.36. The SMILES string of the molecule is C[C@@H]1CC2(CCNCC2)[C@H](NC(=O)OC(C)(C)C)[C@@H]1F. The van der Waals surface area contributed by atoms with Gasteiger partial charge in [0.1, 0.15) is 11.8 Å². The Morgan fingerprint density at radius 3 is 2.50 bits per heavy atom. The van der Waals surface area contributed by atoms with Gasteiger partial charge in [-0.05, 0) is 64.5 Å². The van der Waals surface area contributed by atoms with Crippen LogP contribution in [0.15, 0.2) is 0 Å². The average Bonchev–Trinajstić information content (AvgIpc) is 2.53. The molecule has 1 saturated heterocycles. The average molecular weight is 286 g/mol. The van der Waals surface area contributed by atoms with Gasteiger partial charge in [0.15, 0.2) is 0 Å². The monoisotopic (exact) mass is 286 g/mol. The predicted molar refractivity (Wildman–Crippen MR) is 76.4 cm³/mol. The first-order valence-corrected chi connectivity index (χ1v) is 7.58. The Morgan fingerprint density at radius 1 is 1.35 bits per heavy atom. The highest BCUT2D eigenvalue weighted by atomic mass is 19.1. The summed E-state index contributed by atoms with van der Waals surface area (Å²) in [5.74, 6) is -0.00645. The maximum Gasteiger partial charge on any atom is 0.407 e. The van der Waals surface area contributed by atoms with E-state index in [-0.39, 0.29) is 11.3 Å². The minimum absolute atomic E-state index is 0.00645. The van der Waals surface area contributed by atoms with Crippen LogP contribution in [0.3, 0.4) is 0 Å². The lowest BCUT2D eigenvalue weighted by molar-refractivity contribution is 0.0387. The lowest BCUT2D eigenvalue weighted by atomic mass is 9.74. The Balaban J connectivity index is 2.08. The van der Waals surface area contributed by atoms with Crippen LogP contribution in [0.25, 0.3) is 0 Å². The van der Waals surface area contributed by atoms with E-state index < -0.39 is 23.9 Å². The van der Waals surface area contributed by atoms with Crippen LogP contribution >= 0.6 is 0 Å². The molecule has 0 radical (unpaired) electrons. The van der Waals surface area contributed by atoms with E-state index >= 15 is 0 Å². The smallest absolute Gasteiger partial charge is 0.407 e. The van der Waals surface area contributed by atoms with Crippen LogP contribution in [0.2, 0.25) is 0 Å². The van der Waals surface area contributed by atoms with E-state index in [2.05, 4.69) is 10.6 Å². The lowest BCUT2D eigenvalue weighted by Gasteiger charge is -2.40. The molecule has 0 aromatic carbocycles. The molecule has 20 heavy (non-hydrogen) atoms. The minimum atomic E-state index is -0.986. The number of amides is 1. The summed E-state index contributed by atoms with van der Waals surface area (Å²) in [7, 11) is 0. The van der Waals surface area contributed by atoms with Crippen LogP contribution in [0.4, 0.5) is 9.18 Å². The third-order valence-corrected chi connectivity index (χ3v) is 4.52. The maximum atomic E-state index is 14.5. The molecule has 2 aliphatic rings. The highest BCUT2D eigenvalue weighted by molar-refractivity contribution is 5.68. The van der Waals surface area contributed by atoms with Gasteiger partial charge in [-0.3, -0.25) is 0 Å². The van der Waals surface area contributed by atoms with Crippen molar-refractivity contribution in [2.24, 2.45) is 11.3 Å². The summed E-state index contributed by atoms with van der Waals surface area (Å²) in [6, 6.07) is -0.422. The van der Waals surface area contributed by atoms with Crippen molar-refractivity contribution < 1.29 is 13.9 Å². The van der Waals surface area contributed by atoms with Crippen LogP contribution < -0.4 is 10.6 Å². The van der Waals surface area contributed by atoms with Gasteiger partial charge in [0.2, 0.25) is 0 Å². The van der Waals surface area contributed by atoms with Crippen molar-refractivity contribution in [1.29, 1.82) is 0 Å². The van der Waals surface area contributed by atoms with E-state index in [0.717, 1.165) is 32.4 Å². The first-order valence-electron chi connectivity index (χ1n) is 7.58. The fourth-order valence-electron chi connectivity index (χ4n) is 3.65. The largest absolute Gasteiger partial charge is 0.444 e. The number of carbonyl (C=O) groups excluding carboxylic acids is 1. The Bertz CT molecular complexity index is 361. The Labute approximate surface area is 120 Å². The number of hydrogen-bond acceptors (Lipinski definition) is 3. The second kappa shape index (κ2) is 5.51. The van der Waals surface area contributed by atoms with Gasteiger partial charge < -0.3 is 15.4 Å². The molecule has 2 N–H and O–H groups in total. The van der Waals surface area contributed by atoms with Crippen LogP contribution in [-0.2, 0) is 4.74 Å². The molecule has 1 aliphatic heterocycles. The van der Waals surface area contributed by atoms with Gasteiger partial charge in [-0.15, -0.1) is 0 Å². The van der Waals surface area contributed by atoms with Gasteiger partial charge in [-0.25, -0.2) is 9.18 Å². The van der Waals surface area contributed by atoms with Crippen molar-refractivity contribution in [1.82, 2.24) is 10.6 Å². The summed E-state index contributed by atoms with van der Waals surface area (Å²) in [5, 5.41) is 6.12. The van der Waals surface area contributed by atoms with E-state index in [9.17, 15) is 9.18 Å². The summed E-state index contributed by atoms with van der Waals surface area (Å²) in [6.45, 7) is 9.17. The van der Waals surface area contributed by atoms with Gasteiger partial charge in [-0.2, -0.15) is 0 Å². The van der Waals surface area contributed by atoms with Crippen LogP contribution in [0, 0.1) is 11.3 Å². The molecular weight excluding hydrogens is 259 g/mol. The maximum absolute atomic E-state index is 14.5. The molecular formula is C15H27FN2O2. The molecule has 1 heterocycles. The fourth-order valence-corrected chi connectivity index (χ4v) is 3.65. The molecule has 2 fully saturated rings. The summed E-state index contributed by atoms with van der Waals surface area (Å²) >= 11 is 0. The fraction of sp³-hybridized carbons (Fsp3) is 0.933. The molecule has 5 heteroatoms. The minimum Gasteiger partial charge on any atom is -0.444 e. The molecule has 1 amide bonds. The lowest BCUT2D eigenvalue weighted by Crippen LogP contribution is -2.53. The van der Waals surface area contributed by atoms with Crippen LogP contribution in [0.5, 0.6) is 0 Å². The first kappa shape index (κ1) is 15.5. The van der Waals surface area contributed by atoms with Crippen molar-refractivity contribution in [2.75, 3.05) is 13.1 Å². The molecule has 0 unspecified atom stereocenters. The number of halogens is 1. The second-order valence-electron chi connectivity index (χ2n) is 7.36. The molecule has 0 bridgehead atoms. The molecule has 4 nitrogen and oxygen atoms in total. The first-order chi connectivity index (χ1) is 9.23. The third-order valence-electron chi connectivity index (χ3n) is 4.52. The van der Waals surface area contributed by atoms with Gasteiger partial charge in [0.05, 0.1) is 6.04 Å². The van der Waals surface area contributed by atoms with Crippen LogP contribution in [0.1, 0.15) is 47.0 Å². The van der Waals surface area contributed by atoms with Crippen molar-refractivity contribution in [3.8, 4) is 0 Å². The highest BCUT2D eigenvalue weighted by Crippen LogP contribution is 2.49. The number of ether oxygens (including phenoxy) is 1. The molecule has 1 spiro atoms. The van der Waals surface area contributed by atoms with Gasteiger partial charge in [0.25, 0.3) is 0 Å². The summed E-state index contributed by atoms with van der Waals surface area (Å²) in [5.41, 5.74) is -0.664. The normalized spacial score (nSPS) is 33.1. The van der Waals surface area contributed by atoms with E-state index in [1.807, 2.05) is 27.7 Å². The van der Waals surface area contributed by atoms with Crippen LogP contribution in [-0.4, -0.2) is 37.0 Å². The zero-order chi connectivity index (χ0) is 15.0. The van der Waals surface area contributed by atoms with Gasteiger partial charge >= 0.3 is 6.09 Å².